The first kappa shape index (κ1) is 21.8. The summed E-state index contributed by atoms with van der Waals surface area (Å²) in [5.74, 6) is -0.186. The largest absolute Gasteiger partial charge is 0.465 e. The topological polar surface area (TPSA) is 112 Å². The Balaban J connectivity index is 1.72. The van der Waals surface area contributed by atoms with Crippen LogP contribution in [-0.2, 0) is 18.8 Å². The van der Waals surface area contributed by atoms with E-state index in [4.69, 9.17) is 14.0 Å². The minimum atomic E-state index is -0.486. The highest BCUT2D eigenvalue weighted by Crippen LogP contribution is 2.33. The molecule has 1 aromatic rings. The maximum Gasteiger partial charge on any atom is 0.330 e. The third-order valence-electron chi connectivity index (χ3n) is 4.29. The fourth-order valence-electron chi connectivity index (χ4n) is 2.76. The highest BCUT2D eigenvalue weighted by atomic mass is 31.1. The zero-order chi connectivity index (χ0) is 19.8. The number of aromatic nitrogens is 2. The summed E-state index contributed by atoms with van der Waals surface area (Å²) in [5, 5.41) is 2.98. The number of H-pyrrole nitrogens is 1. The van der Waals surface area contributed by atoms with Crippen molar-refractivity contribution in [3.8, 4) is 0 Å². The van der Waals surface area contributed by atoms with Crippen molar-refractivity contribution in [2.45, 2.75) is 58.4 Å². The van der Waals surface area contributed by atoms with Gasteiger partial charge in [0.05, 0.1) is 28.3 Å². The number of esters is 1. The standard InChI is InChI=1S/C17H28N3O6P/c1-4-5-8-24-16(22)12(3)19-27-25-10-13-9-11(2)15(26-13)20-7-6-14(21)18-17(20)23/h6-7,11-13,15,19,27H,4-5,8-10H2,1-3H3,(H,18,21,23). The smallest absolute Gasteiger partial charge is 0.330 e. The second kappa shape index (κ2) is 10.7. The Labute approximate surface area is 159 Å². The van der Waals surface area contributed by atoms with Gasteiger partial charge in [0.25, 0.3) is 5.56 Å². The Hall–Kier alpha value is -1.54. The molecular formula is C17H28N3O6P. The van der Waals surface area contributed by atoms with Crippen LogP contribution in [0.15, 0.2) is 21.9 Å². The zero-order valence-electron chi connectivity index (χ0n) is 15.9. The van der Waals surface area contributed by atoms with Gasteiger partial charge in [-0.25, -0.2) is 4.79 Å². The van der Waals surface area contributed by atoms with Crippen LogP contribution in [0, 0.1) is 5.92 Å². The lowest BCUT2D eigenvalue weighted by Crippen LogP contribution is -2.33. The van der Waals surface area contributed by atoms with Crippen molar-refractivity contribution in [2.75, 3.05) is 13.2 Å². The summed E-state index contributed by atoms with van der Waals surface area (Å²) < 4.78 is 18.0. The fourth-order valence-corrected chi connectivity index (χ4v) is 3.41. The van der Waals surface area contributed by atoms with E-state index in [1.165, 1.54) is 16.8 Å². The molecule has 0 radical (unpaired) electrons. The van der Waals surface area contributed by atoms with Crippen molar-refractivity contribution in [3.05, 3.63) is 33.1 Å². The minimum Gasteiger partial charge on any atom is -0.465 e. The number of ether oxygens (including phenoxy) is 2. The first-order chi connectivity index (χ1) is 12.9. The lowest BCUT2D eigenvalue weighted by Gasteiger charge is -2.18. The molecule has 27 heavy (non-hydrogen) atoms. The summed E-state index contributed by atoms with van der Waals surface area (Å²) in [6, 6.07) is 0.865. The molecule has 0 spiro atoms. The predicted octanol–water partition coefficient (Wildman–Crippen LogP) is 1.31. The van der Waals surface area contributed by atoms with Crippen LogP contribution >= 0.6 is 8.96 Å². The molecule has 5 atom stereocenters. The number of aromatic amines is 1. The molecule has 10 heteroatoms. The van der Waals surface area contributed by atoms with Crippen LogP contribution in [0.25, 0.3) is 0 Å². The third-order valence-corrected chi connectivity index (χ3v) is 5.15. The number of unbranched alkanes of at least 4 members (excludes halogenated alkanes) is 1. The zero-order valence-corrected chi connectivity index (χ0v) is 16.9. The summed E-state index contributed by atoms with van der Waals surface area (Å²) in [5.41, 5.74) is -0.920. The maximum atomic E-state index is 11.9. The fraction of sp³-hybridized carbons (Fsp3) is 0.706. The van der Waals surface area contributed by atoms with Crippen LogP contribution in [0.2, 0.25) is 0 Å². The monoisotopic (exact) mass is 401 g/mol. The summed E-state index contributed by atoms with van der Waals surface area (Å²) in [4.78, 5) is 37.1. The molecule has 0 aromatic carbocycles. The molecule has 1 saturated heterocycles. The van der Waals surface area contributed by atoms with E-state index in [2.05, 4.69) is 10.1 Å². The third kappa shape index (κ3) is 6.53. The van der Waals surface area contributed by atoms with Gasteiger partial charge >= 0.3 is 11.7 Å². The molecule has 0 amide bonds. The number of rotatable bonds is 10. The molecule has 2 heterocycles. The Morgan fingerprint density at radius 2 is 2.30 bits per heavy atom. The van der Waals surface area contributed by atoms with Gasteiger partial charge in [-0.15, -0.1) is 0 Å². The van der Waals surface area contributed by atoms with Crippen molar-refractivity contribution in [3.63, 3.8) is 0 Å². The van der Waals surface area contributed by atoms with Crippen LogP contribution in [0.3, 0.4) is 0 Å². The number of nitrogens with one attached hydrogen (secondary N) is 2. The molecule has 2 rings (SSSR count). The predicted molar refractivity (Wildman–Crippen MR) is 102 cm³/mol. The van der Waals surface area contributed by atoms with Crippen molar-refractivity contribution in [2.24, 2.45) is 5.92 Å². The molecule has 5 unspecified atom stereocenters. The molecule has 0 saturated carbocycles. The second-order valence-corrected chi connectivity index (χ2v) is 7.46. The molecule has 0 aliphatic carbocycles. The van der Waals surface area contributed by atoms with Crippen LogP contribution in [0.5, 0.6) is 0 Å². The van der Waals surface area contributed by atoms with Gasteiger partial charge in [-0.05, 0) is 19.8 Å². The molecule has 9 nitrogen and oxygen atoms in total. The highest BCUT2D eigenvalue weighted by molar-refractivity contribution is 7.29. The van der Waals surface area contributed by atoms with E-state index in [-0.39, 0.29) is 26.9 Å². The van der Waals surface area contributed by atoms with Crippen molar-refractivity contribution in [1.29, 1.82) is 0 Å². The molecule has 1 aliphatic rings. The number of hydrogen-bond acceptors (Lipinski definition) is 7. The Morgan fingerprint density at radius 1 is 1.52 bits per heavy atom. The van der Waals surface area contributed by atoms with Gasteiger partial charge in [0.1, 0.15) is 12.3 Å². The summed E-state index contributed by atoms with van der Waals surface area (Å²) in [6.45, 7) is 6.54. The van der Waals surface area contributed by atoms with Crippen LogP contribution in [0.1, 0.15) is 46.3 Å². The first-order valence-corrected chi connectivity index (χ1v) is 10.1. The SMILES string of the molecule is CCCCOC(=O)C(C)NPOCC1CC(C)C(n2ccc(=O)[nH]c2=O)O1. The summed E-state index contributed by atoms with van der Waals surface area (Å²) in [7, 11) is -0.0628. The van der Waals surface area contributed by atoms with E-state index in [1.807, 2.05) is 13.8 Å². The van der Waals surface area contributed by atoms with E-state index in [0.29, 0.717) is 13.2 Å². The molecule has 0 bridgehead atoms. The van der Waals surface area contributed by atoms with Gasteiger partial charge in [-0.1, -0.05) is 20.3 Å². The van der Waals surface area contributed by atoms with E-state index >= 15 is 0 Å². The minimum absolute atomic E-state index is 0.0628. The average Bonchev–Trinajstić information content (AvgIpc) is 2.99. The van der Waals surface area contributed by atoms with Crippen molar-refractivity contribution < 1.29 is 18.8 Å². The van der Waals surface area contributed by atoms with Gasteiger partial charge in [0.2, 0.25) is 0 Å². The van der Waals surface area contributed by atoms with Crippen LogP contribution in [0.4, 0.5) is 0 Å². The molecular weight excluding hydrogens is 373 g/mol. The molecule has 1 aliphatic heterocycles. The first-order valence-electron chi connectivity index (χ1n) is 9.18. The number of carbonyl (C=O) groups excluding carboxylic acids is 1. The van der Waals surface area contributed by atoms with Gasteiger partial charge in [-0.3, -0.25) is 24.2 Å². The van der Waals surface area contributed by atoms with Gasteiger partial charge < -0.3 is 14.0 Å². The quantitative estimate of drug-likeness (QED) is 0.345. The van der Waals surface area contributed by atoms with E-state index < -0.39 is 23.5 Å². The normalized spacial score (nSPS) is 23.7. The highest BCUT2D eigenvalue weighted by Gasteiger charge is 2.34. The number of hydrogen-bond donors (Lipinski definition) is 2. The van der Waals surface area contributed by atoms with Gasteiger partial charge in [-0.2, -0.15) is 0 Å². The maximum absolute atomic E-state index is 11.9. The Bertz CT molecular complexity index is 721. The van der Waals surface area contributed by atoms with E-state index in [1.54, 1.807) is 6.92 Å². The number of nitrogens with zero attached hydrogens (tertiary/aromatic N) is 1. The number of carbonyl (C=O) groups is 1. The van der Waals surface area contributed by atoms with Crippen molar-refractivity contribution >= 4 is 14.9 Å². The van der Waals surface area contributed by atoms with Crippen molar-refractivity contribution in [1.82, 2.24) is 14.6 Å². The lowest BCUT2D eigenvalue weighted by molar-refractivity contribution is -0.145. The summed E-state index contributed by atoms with van der Waals surface area (Å²) in [6.07, 6.45) is 3.41. The Morgan fingerprint density at radius 3 is 3.00 bits per heavy atom. The van der Waals surface area contributed by atoms with Gasteiger partial charge in [0.15, 0.2) is 0 Å². The van der Waals surface area contributed by atoms with Crippen LogP contribution in [-0.4, -0.2) is 40.9 Å². The Kier molecular flexibility index (Phi) is 8.63. The lowest BCUT2D eigenvalue weighted by atomic mass is 10.1. The summed E-state index contributed by atoms with van der Waals surface area (Å²) >= 11 is 0. The molecule has 152 valence electrons. The molecule has 1 aromatic heterocycles. The molecule has 1 fully saturated rings. The van der Waals surface area contributed by atoms with Gasteiger partial charge in [0, 0.05) is 18.2 Å². The van der Waals surface area contributed by atoms with E-state index in [0.717, 1.165) is 19.3 Å². The van der Waals surface area contributed by atoms with E-state index in [9.17, 15) is 14.4 Å². The average molecular weight is 401 g/mol. The van der Waals surface area contributed by atoms with Crippen LogP contribution < -0.4 is 16.3 Å². The molecule has 2 N–H and O–H groups in total. The second-order valence-electron chi connectivity index (χ2n) is 6.68.